The topological polar surface area (TPSA) is 125 Å². The van der Waals surface area contributed by atoms with Gasteiger partial charge in [0.15, 0.2) is 16.8 Å². The third-order valence-corrected chi connectivity index (χ3v) is 10.2. The zero-order chi connectivity index (χ0) is 38.5. The lowest BCUT2D eigenvalue weighted by Gasteiger charge is -2.17. The first-order chi connectivity index (χ1) is 26.2. The average molecular weight is 736 g/mol. The number of unbranched alkanes of at least 4 members (excludes halogenated alkanes) is 9. The standard InChI is InChI=1S/C45H57N3O6/c1-5-7-19-34(20-8-6-2)53-42(50)23-16-14-12-10-9-11-13-15-18-31-28-32(24-26-35(31)45(51)52)46-38-30-41-44(43-36(38)21-17-22-39(43)49)47-37-27-25-33(48(3)4)29-40(37)54-41/h17,21-22,24-30,34,47H,5-16,18-20,23H2,1-4H3,(H,51,52). The van der Waals surface area contributed by atoms with Crippen molar-refractivity contribution in [3.8, 4) is 22.6 Å². The molecule has 0 spiro atoms. The van der Waals surface area contributed by atoms with Crippen LogP contribution in [-0.2, 0) is 16.0 Å². The second kappa shape index (κ2) is 20.0. The van der Waals surface area contributed by atoms with Gasteiger partial charge in [0.25, 0.3) is 0 Å². The second-order valence-electron chi connectivity index (χ2n) is 14.7. The highest BCUT2D eigenvalue weighted by Gasteiger charge is 2.21. The number of aromatic nitrogens is 1. The minimum atomic E-state index is -0.955. The lowest BCUT2D eigenvalue weighted by Crippen LogP contribution is -2.18. The third kappa shape index (κ3) is 10.8. The zero-order valence-electron chi connectivity index (χ0n) is 32.5. The Morgan fingerprint density at radius 2 is 1.56 bits per heavy atom. The number of hydrogen-bond acceptors (Lipinski definition) is 7. The number of hydrogen-bond donors (Lipinski definition) is 2. The van der Waals surface area contributed by atoms with Gasteiger partial charge in [-0.05, 0) is 74.1 Å². The summed E-state index contributed by atoms with van der Waals surface area (Å²) in [6.45, 7) is 4.34. The maximum atomic E-state index is 13.2. The molecule has 0 radical (unpaired) electrons. The lowest BCUT2D eigenvalue weighted by molar-refractivity contribution is -0.150. The van der Waals surface area contributed by atoms with Crippen LogP contribution in [0.2, 0.25) is 0 Å². The van der Waals surface area contributed by atoms with Crippen LogP contribution in [0, 0.1) is 0 Å². The van der Waals surface area contributed by atoms with E-state index in [-0.39, 0.29) is 23.1 Å². The Hall–Kier alpha value is -4.92. The third-order valence-electron chi connectivity index (χ3n) is 10.2. The molecular formula is C45H57N3O6. The number of fused-ring (bicyclic) bond motifs is 4. The number of carbonyl (C=O) groups excluding carboxylic acids is 1. The monoisotopic (exact) mass is 735 g/mol. The number of nitrogens with zero attached hydrogens (tertiary/aromatic N) is 2. The normalized spacial score (nSPS) is 12.0. The van der Waals surface area contributed by atoms with E-state index in [1.54, 1.807) is 18.2 Å². The van der Waals surface area contributed by atoms with Gasteiger partial charge in [-0.25, -0.2) is 9.79 Å². The van der Waals surface area contributed by atoms with Gasteiger partial charge in [0.1, 0.15) is 6.10 Å². The van der Waals surface area contributed by atoms with Crippen LogP contribution in [0.4, 0.5) is 11.4 Å². The van der Waals surface area contributed by atoms with E-state index in [1.807, 2.05) is 55.4 Å². The molecule has 1 aliphatic heterocycles. The van der Waals surface area contributed by atoms with Crippen molar-refractivity contribution in [2.24, 2.45) is 4.99 Å². The fraction of sp³-hybridized carbons (Fsp3) is 0.467. The number of nitrogens with one attached hydrogen (secondary N) is 1. The smallest absolute Gasteiger partial charge is 0.335 e. The molecule has 2 aliphatic carbocycles. The maximum absolute atomic E-state index is 13.2. The zero-order valence-corrected chi connectivity index (χ0v) is 32.5. The predicted molar refractivity (Wildman–Crippen MR) is 217 cm³/mol. The SMILES string of the molecule is CCCCC(CCCC)OC(=O)CCCCCCCCCCc1cc(N=c2cc3oc4cc(N(C)C)ccc4[nH]c-3c3c(=O)cccc2-3)ccc1C(=O)O. The van der Waals surface area contributed by atoms with Crippen LogP contribution in [0.5, 0.6) is 0 Å². The molecule has 2 N–H and O–H groups in total. The number of aromatic amines is 1. The second-order valence-corrected chi connectivity index (χ2v) is 14.7. The van der Waals surface area contributed by atoms with Crippen LogP contribution >= 0.6 is 0 Å². The van der Waals surface area contributed by atoms with Crippen LogP contribution in [0.1, 0.15) is 126 Å². The van der Waals surface area contributed by atoms with Crippen LogP contribution in [-0.4, -0.2) is 42.2 Å². The Morgan fingerprint density at radius 1 is 0.852 bits per heavy atom. The molecule has 0 saturated carbocycles. The summed E-state index contributed by atoms with van der Waals surface area (Å²) in [4.78, 5) is 48.1. The molecule has 2 aromatic rings. The van der Waals surface area contributed by atoms with Crippen molar-refractivity contribution in [2.45, 2.75) is 123 Å². The summed E-state index contributed by atoms with van der Waals surface area (Å²) in [5, 5.41) is 10.5. The molecule has 5 rings (SSSR count). The van der Waals surface area contributed by atoms with Gasteiger partial charge in [-0.1, -0.05) is 90.2 Å². The van der Waals surface area contributed by atoms with Gasteiger partial charge in [-0.15, -0.1) is 0 Å². The van der Waals surface area contributed by atoms with Gasteiger partial charge < -0.3 is 24.1 Å². The number of aryl methyl sites for hydroxylation is 1. The molecule has 0 fully saturated rings. The summed E-state index contributed by atoms with van der Waals surface area (Å²) >= 11 is 0. The van der Waals surface area contributed by atoms with Crippen molar-refractivity contribution >= 4 is 34.4 Å². The van der Waals surface area contributed by atoms with Crippen LogP contribution < -0.4 is 15.7 Å². The Kier molecular flexibility index (Phi) is 14.9. The summed E-state index contributed by atoms with van der Waals surface area (Å²) in [7, 11) is 3.93. The maximum Gasteiger partial charge on any atom is 0.335 e. The first kappa shape index (κ1) is 40.3. The summed E-state index contributed by atoms with van der Waals surface area (Å²) < 4.78 is 12.1. The molecule has 288 valence electrons. The molecule has 0 saturated heterocycles. The van der Waals surface area contributed by atoms with E-state index in [2.05, 4.69) is 18.8 Å². The largest absolute Gasteiger partial charge is 0.478 e. The Balaban J connectivity index is 1.18. The number of aromatic carboxylic acids is 1. The molecule has 1 heterocycles. The van der Waals surface area contributed by atoms with Crippen LogP contribution in [0.25, 0.3) is 33.7 Å². The van der Waals surface area contributed by atoms with E-state index in [1.165, 1.54) is 6.07 Å². The van der Waals surface area contributed by atoms with E-state index < -0.39 is 5.97 Å². The molecule has 54 heavy (non-hydrogen) atoms. The van der Waals surface area contributed by atoms with Crippen LogP contribution in [0.3, 0.4) is 0 Å². The predicted octanol–water partition coefficient (Wildman–Crippen LogP) is 10.7. The summed E-state index contributed by atoms with van der Waals surface area (Å²) in [5.41, 5.74) is 5.72. The molecule has 0 amide bonds. The van der Waals surface area contributed by atoms with Gasteiger partial charge in [0.05, 0.1) is 33.4 Å². The number of carboxylic acid groups (broad SMARTS) is 1. The van der Waals surface area contributed by atoms with E-state index in [0.29, 0.717) is 52.1 Å². The van der Waals surface area contributed by atoms with Gasteiger partial charge in [-0.2, -0.15) is 0 Å². The number of carbonyl (C=O) groups is 2. The number of ether oxygens (including phenoxy) is 1. The lowest BCUT2D eigenvalue weighted by atomic mass is 9.96. The number of carboxylic acids is 1. The van der Waals surface area contributed by atoms with Gasteiger partial charge in [0.2, 0.25) is 0 Å². The van der Waals surface area contributed by atoms with Crippen LogP contribution in [0.15, 0.2) is 74.9 Å². The quantitative estimate of drug-likeness (QED) is 0.0332. The van der Waals surface area contributed by atoms with E-state index in [4.69, 9.17) is 14.1 Å². The molecule has 2 aromatic carbocycles. The molecular weight excluding hydrogens is 679 g/mol. The van der Waals surface area contributed by atoms with Crippen molar-refractivity contribution in [2.75, 3.05) is 19.0 Å². The van der Waals surface area contributed by atoms with Gasteiger partial charge in [-0.3, -0.25) is 9.59 Å². The van der Waals surface area contributed by atoms with Crippen molar-refractivity contribution < 1.29 is 23.8 Å². The number of benzene rings is 4. The first-order valence-corrected chi connectivity index (χ1v) is 20.0. The van der Waals surface area contributed by atoms with E-state index in [9.17, 15) is 19.5 Å². The minimum Gasteiger partial charge on any atom is -0.478 e. The highest BCUT2D eigenvalue weighted by atomic mass is 16.5. The fourth-order valence-electron chi connectivity index (χ4n) is 7.15. The fourth-order valence-corrected chi connectivity index (χ4v) is 7.15. The number of rotatable bonds is 21. The van der Waals surface area contributed by atoms with Gasteiger partial charge in [0, 0.05) is 43.9 Å². The Labute approximate surface area is 319 Å². The highest BCUT2D eigenvalue weighted by Crippen LogP contribution is 2.33. The van der Waals surface area contributed by atoms with E-state index in [0.717, 1.165) is 107 Å². The minimum absolute atomic E-state index is 0.0475. The molecule has 0 atom stereocenters. The van der Waals surface area contributed by atoms with Crippen molar-refractivity contribution in [3.63, 3.8) is 0 Å². The summed E-state index contributed by atoms with van der Waals surface area (Å²) in [6.07, 6.45) is 15.8. The number of anilines is 1. The van der Waals surface area contributed by atoms with Gasteiger partial charge >= 0.3 is 11.9 Å². The molecule has 9 nitrogen and oxygen atoms in total. The summed E-state index contributed by atoms with van der Waals surface area (Å²) in [5.74, 6) is -0.497. The number of H-pyrrole nitrogens is 1. The van der Waals surface area contributed by atoms with Crippen molar-refractivity contribution in [1.82, 2.24) is 4.98 Å². The Morgan fingerprint density at radius 3 is 2.24 bits per heavy atom. The average Bonchev–Trinajstić information content (AvgIpc) is 3.15. The molecule has 9 heteroatoms. The number of esters is 1. The summed E-state index contributed by atoms with van der Waals surface area (Å²) in [6, 6.07) is 18.1. The first-order valence-electron chi connectivity index (χ1n) is 20.0. The highest BCUT2D eigenvalue weighted by molar-refractivity contribution is 5.90. The Bertz CT molecular complexity index is 2050. The van der Waals surface area contributed by atoms with Crippen molar-refractivity contribution in [1.29, 1.82) is 0 Å². The molecule has 3 aliphatic rings. The van der Waals surface area contributed by atoms with E-state index >= 15 is 0 Å². The molecule has 0 aromatic heterocycles. The molecule has 0 unspecified atom stereocenters. The molecule has 0 bridgehead atoms. The van der Waals surface area contributed by atoms with Crippen molar-refractivity contribution in [3.05, 3.63) is 87.4 Å².